The maximum Gasteiger partial charge on any atom is 0.251 e. The van der Waals surface area contributed by atoms with E-state index in [1.165, 1.54) is 11.9 Å². The van der Waals surface area contributed by atoms with Crippen molar-refractivity contribution in [3.8, 4) is 0 Å². The van der Waals surface area contributed by atoms with Crippen LogP contribution in [0.15, 0.2) is 67.1 Å². The van der Waals surface area contributed by atoms with Gasteiger partial charge in [-0.2, -0.15) is 5.10 Å². The summed E-state index contributed by atoms with van der Waals surface area (Å²) < 4.78 is 1.79. The second kappa shape index (κ2) is 9.17. The van der Waals surface area contributed by atoms with Gasteiger partial charge in [0.15, 0.2) is 5.65 Å². The van der Waals surface area contributed by atoms with E-state index >= 15 is 0 Å². The SMILES string of the molecule is Cc1ccccc1C(=O)NCCn1ncc2c(NCCc3ccccc3)ncnc21. The highest BCUT2D eigenvalue weighted by atomic mass is 16.1. The number of carbonyl (C=O) groups excluding carboxylic acids is 1. The first kappa shape index (κ1) is 19.6. The normalized spacial score (nSPS) is 10.8. The van der Waals surface area contributed by atoms with Gasteiger partial charge in [0.2, 0.25) is 0 Å². The van der Waals surface area contributed by atoms with Crippen LogP contribution in [0.4, 0.5) is 5.82 Å². The summed E-state index contributed by atoms with van der Waals surface area (Å²) in [5.74, 6) is 0.689. The molecule has 0 radical (unpaired) electrons. The summed E-state index contributed by atoms with van der Waals surface area (Å²) in [6, 6.07) is 17.9. The number of nitrogens with one attached hydrogen (secondary N) is 2. The lowest BCUT2D eigenvalue weighted by molar-refractivity contribution is 0.0951. The first-order valence-electron chi connectivity index (χ1n) is 10.0. The molecule has 0 aliphatic rings. The zero-order valence-electron chi connectivity index (χ0n) is 16.9. The fourth-order valence-electron chi connectivity index (χ4n) is 3.37. The van der Waals surface area contributed by atoms with Crippen molar-refractivity contribution in [1.29, 1.82) is 0 Å². The Kier molecular flexibility index (Phi) is 5.98. The lowest BCUT2D eigenvalue weighted by Gasteiger charge is -2.09. The lowest BCUT2D eigenvalue weighted by Crippen LogP contribution is -2.28. The van der Waals surface area contributed by atoms with Crippen molar-refractivity contribution >= 4 is 22.8 Å². The molecule has 4 rings (SSSR count). The lowest BCUT2D eigenvalue weighted by atomic mass is 10.1. The predicted molar refractivity (Wildman–Crippen MR) is 117 cm³/mol. The van der Waals surface area contributed by atoms with Gasteiger partial charge in [-0.3, -0.25) is 4.79 Å². The molecule has 0 atom stereocenters. The molecule has 2 N–H and O–H groups in total. The average Bonchev–Trinajstić information content (AvgIpc) is 3.19. The molecule has 0 unspecified atom stereocenters. The third-order valence-corrected chi connectivity index (χ3v) is 4.98. The Bertz CT molecular complexity index is 1140. The van der Waals surface area contributed by atoms with E-state index in [1.807, 2.05) is 49.4 Å². The Labute approximate surface area is 175 Å². The molecular weight excluding hydrogens is 376 g/mol. The molecule has 2 aromatic carbocycles. The minimum atomic E-state index is -0.0811. The van der Waals surface area contributed by atoms with Crippen LogP contribution in [0.25, 0.3) is 11.0 Å². The Morgan fingerprint density at radius 3 is 2.63 bits per heavy atom. The van der Waals surface area contributed by atoms with Gasteiger partial charge in [-0.05, 0) is 30.5 Å². The second-order valence-corrected chi connectivity index (χ2v) is 7.06. The Morgan fingerprint density at radius 1 is 1.00 bits per heavy atom. The Morgan fingerprint density at radius 2 is 1.80 bits per heavy atom. The third kappa shape index (κ3) is 4.46. The topological polar surface area (TPSA) is 84.7 Å². The van der Waals surface area contributed by atoms with E-state index in [9.17, 15) is 4.79 Å². The van der Waals surface area contributed by atoms with Gasteiger partial charge in [-0.25, -0.2) is 14.6 Å². The van der Waals surface area contributed by atoms with Crippen molar-refractivity contribution in [2.24, 2.45) is 0 Å². The standard InChI is InChI=1S/C23H24N6O/c1-17-7-5-6-10-19(17)23(30)25-13-14-29-22-20(15-28-29)21(26-16-27-22)24-12-11-18-8-3-2-4-9-18/h2-10,15-16H,11-14H2,1H3,(H,25,30)(H,24,26,27). The highest BCUT2D eigenvalue weighted by Gasteiger charge is 2.11. The number of aryl methyl sites for hydroxylation is 1. The largest absolute Gasteiger partial charge is 0.369 e. The molecule has 2 heterocycles. The molecular formula is C23H24N6O. The van der Waals surface area contributed by atoms with Crippen LogP contribution in [0.1, 0.15) is 21.5 Å². The van der Waals surface area contributed by atoms with Crippen LogP contribution in [0.5, 0.6) is 0 Å². The molecule has 152 valence electrons. The number of hydrogen-bond acceptors (Lipinski definition) is 5. The number of anilines is 1. The number of amides is 1. The summed E-state index contributed by atoms with van der Waals surface area (Å²) in [6.07, 6.45) is 4.21. The minimum absolute atomic E-state index is 0.0811. The molecule has 0 bridgehead atoms. The molecule has 7 nitrogen and oxygen atoms in total. The van der Waals surface area contributed by atoms with Gasteiger partial charge in [0.25, 0.3) is 5.91 Å². The molecule has 0 spiro atoms. The van der Waals surface area contributed by atoms with E-state index in [4.69, 9.17) is 0 Å². The van der Waals surface area contributed by atoms with E-state index in [2.05, 4.69) is 37.8 Å². The molecule has 0 aliphatic carbocycles. The van der Waals surface area contributed by atoms with Crippen molar-refractivity contribution in [1.82, 2.24) is 25.1 Å². The number of hydrogen-bond donors (Lipinski definition) is 2. The number of fused-ring (bicyclic) bond motifs is 1. The summed E-state index contributed by atoms with van der Waals surface area (Å²) in [6.45, 7) is 3.69. The molecule has 7 heteroatoms. The van der Waals surface area contributed by atoms with Gasteiger partial charge in [0.1, 0.15) is 12.1 Å². The smallest absolute Gasteiger partial charge is 0.251 e. The van der Waals surface area contributed by atoms with Gasteiger partial charge in [0, 0.05) is 18.7 Å². The fraction of sp³-hybridized carbons (Fsp3) is 0.217. The van der Waals surface area contributed by atoms with E-state index in [1.54, 1.807) is 10.9 Å². The monoisotopic (exact) mass is 400 g/mol. The van der Waals surface area contributed by atoms with Crippen molar-refractivity contribution < 1.29 is 4.79 Å². The highest BCUT2D eigenvalue weighted by Crippen LogP contribution is 2.18. The van der Waals surface area contributed by atoms with Gasteiger partial charge >= 0.3 is 0 Å². The van der Waals surface area contributed by atoms with Crippen LogP contribution in [0.3, 0.4) is 0 Å². The maximum atomic E-state index is 12.4. The average molecular weight is 400 g/mol. The van der Waals surface area contributed by atoms with E-state index < -0.39 is 0 Å². The van der Waals surface area contributed by atoms with Crippen LogP contribution in [-0.4, -0.2) is 38.7 Å². The van der Waals surface area contributed by atoms with Gasteiger partial charge in [-0.15, -0.1) is 0 Å². The highest BCUT2D eigenvalue weighted by molar-refractivity contribution is 5.95. The summed E-state index contributed by atoms with van der Waals surface area (Å²) in [4.78, 5) is 21.1. The van der Waals surface area contributed by atoms with Crippen LogP contribution in [-0.2, 0) is 13.0 Å². The number of carbonyl (C=O) groups is 1. The fourth-order valence-corrected chi connectivity index (χ4v) is 3.37. The van der Waals surface area contributed by atoms with E-state index in [-0.39, 0.29) is 5.91 Å². The Balaban J connectivity index is 1.37. The molecule has 1 amide bonds. The minimum Gasteiger partial charge on any atom is -0.369 e. The van der Waals surface area contributed by atoms with Crippen molar-refractivity contribution in [2.45, 2.75) is 19.9 Å². The van der Waals surface area contributed by atoms with Crippen molar-refractivity contribution in [3.05, 3.63) is 83.8 Å². The molecule has 30 heavy (non-hydrogen) atoms. The molecule has 2 aromatic heterocycles. The number of aromatic nitrogens is 4. The number of benzene rings is 2. The molecule has 0 saturated carbocycles. The molecule has 0 aliphatic heterocycles. The van der Waals surface area contributed by atoms with Crippen molar-refractivity contribution in [3.63, 3.8) is 0 Å². The predicted octanol–water partition coefficient (Wildman–Crippen LogP) is 3.22. The third-order valence-electron chi connectivity index (χ3n) is 4.98. The summed E-state index contributed by atoms with van der Waals surface area (Å²) >= 11 is 0. The van der Waals surface area contributed by atoms with Gasteiger partial charge in [0.05, 0.1) is 18.1 Å². The van der Waals surface area contributed by atoms with Crippen molar-refractivity contribution in [2.75, 3.05) is 18.4 Å². The number of rotatable bonds is 8. The van der Waals surface area contributed by atoms with Crippen LogP contribution < -0.4 is 10.6 Å². The van der Waals surface area contributed by atoms with Gasteiger partial charge < -0.3 is 10.6 Å². The quantitative estimate of drug-likeness (QED) is 0.474. The van der Waals surface area contributed by atoms with Crippen LogP contribution >= 0.6 is 0 Å². The zero-order chi connectivity index (χ0) is 20.8. The van der Waals surface area contributed by atoms with Crippen LogP contribution in [0.2, 0.25) is 0 Å². The number of nitrogens with zero attached hydrogens (tertiary/aromatic N) is 4. The van der Waals surface area contributed by atoms with E-state index in [0.29, 0.717) is 18.7 Å². The first-order valence-corrected chi connectivity index (χ1v) is 10.0. The summed E-state index contributed by atoms with van der Waals surface area (Å²) in [5, 5.41) is 11.6. The summed E-state index contributed by atoms with van der Waals surface area (Å²) in [7, 11) is 0. The van der Waals surface area contributed by atoms with E-state index in [0.717, 1.165) is 35.4 Å². The Hall–Kier alpha value is -3.74. The van der Waals surface area contributed by atoms with Crippen LogP contribution in [0, 0.1) is 6.92 Å². The summed E-state index contributed by atoms with van der Waals surface area (Å²) in [5.41, 5.74) is 3.67. The van der Waals surface area contributed by atoms with Gasteiger partial charge in [-0.1, -0.05) is 48.5 Å². The molecule has 4 aromatic rings. The molecule has 0 saturated heterocycles. The molecule has 0 fully saturated rings. The zero-order valence-corrected chi connectivity index (χ0v) is 16.9. The maximum absolute atomic E-state index is 12.4. The second-order valence-electron chi connectivity index (χ2n) is 7.06. The first-order chi connectivity index (χ1) is 14.7.